The number of carbonyl (C=O) groups excluding carboxylic acids is 4. The second kappa shape index (κ2) is 18.5. The highest BCUT2D eigenvalue weighted by atomic mass is 32.2. The van der Waals surface area contributed by atoms with Gasteiger partial charge in [-0.2, -0.15) is 18.0 Å². The Hall–Kier alpha value is -7.42. The average molecular weight is 978 g/mol. The first-order chi connectivity index (χ1) is 33.6. The zero-order chi connectivity index (χ0) is 49.0. The SMILES string of the molecule is CN(CC1CCN(c2ncc(-n3cnc4ccc(Oc5c(F)ccc(NS(=O)(=O)N6CC[C@@H](F)C6)c5C#N)cc4c3=O)cn2)CC1)C1CC(Oc2ccc3c(c2)C(=O)N([C@@H]2CCC(=O)NC2=O)C3=O)C1. The summed E-state index contributed by atoms with van der Waals surface area (Å²) in [6.07, 6.45) is 6.59. The molecule has 0 bridgehead atoms. The lowest BCUT2D eigenvalue weighted by Gasteiger charge is -2.43. The molecule has 6 heterocycles. The van der Waals surface area contributed by atoms with Crippen molar-refractivity contribution in [3.63, 3.8) is 0 Å². The standard InChI is InChI=1S/C47H45F2N11O9S/c1-56(28-16-32(17-28)68-30-2-4-33-34(18-30)46(65)60(45(33)64)40-8-9-41(61)54-43(40)62)23-26-10-13-57(14-11-26)47-51-21-29(22-52-47)59-25-53-38-6-3-31(19-35(38)44(59)63)69-42-36(20-50)39(7-5-37(42)49)55-70(66,67)58-15-12-27(48)24-58/h2-7,18-19,21-22,25-28,32,40,55H,8-17,23-24H2,1H3,(H,54,61,62)/t27-,28?,32?,40-/m1/s1. The molecule has 0 radical (unpaired) electrons. The minimum atomic E-state index is -4.26. The Kier molecular flexibility index (Phi) is 12.2. The summed E-state index contributed by atoms with van der Waals surface area (Å²) in [6.45, 7) is 1.96. The number of carbonyl (C=O) groups is 4. The van der Waals surface area contributed by atoms with Crippen LogP contribution >= 0.6 is 0 Å². The Morgan fingerprint density at radius 2 is 1.66 bits per heavy atom. The van der Waals surface area contributed by atoms with Crippen molar-refractivity contribution in [2.45, 2.75) is 69.3 Å². The summed E-state index contributed by atoms with van der Waals surface area (Å²) in [4.78, 5) is 83.1. The molecule has 5 aromatic rings. The van der Waals surface area contributed by atoms with Gasteiger partial charge in [0.15, 0.2) is 11.6 Å². The van der Waals surface area contributed by atoms with Gasteiger partial charge in [0, 0.05) is 58.0 Å². The Morgan fingerprint density at radius 1 is 0.914 bits per heavy atom. The van der Waals surface area contributed by atoms with Gasteiger partial charge in [-0.3, -0.25) is 43.5 Å². The van der Waals surface area contributed by atoms with Crippen molar-refractivity contribution < 1.29 is 45.9 Å². The molecule has 1 saturated carbocycles. The predicted octanol–water partition coefficient (Wildman–Crippen LogP) is 3.84. The predicted molar refractivity (Wildman–Crippen MR) is 246 cm³/mol. The van der Waals surface area contributed by atoms with Crippen LogP contribution in [0.5, 0.6) is 17.2 Å². The molecule has 70 heavy (non-hydrogen) atoms. The van der Waals surface area contributed by atoms with Gasteiger partial charge < -0.3 is 19.3 Å². The molecule has 0 unspecified atom stereocenters. The van der Waals surface area contributed by atoms with Crippen LogP contribution in [0.1, 0.15) is 71.2 Å². The van der Waals surface area contributed by atoms with E-state index < -0.39 is 68.7 Å². The molecule has 4 fully saturated rings. The van der Waals surface area contributed by atoms with Crippen molar-refractivity contribution in [2.24, 2.45) is 5.92 Å². The Balaban J connectivity index is 0.720. The molecule has 362 valence electrons. The highest BCUT2D eigenvalue weighted by molar-refractivity contribution is 7.90. The van der Waals surface area contributed by atoms with Crippen LogP contribution in [0.3, 0.4) is 0 Å². The van der Waals surface area contributed by atoms with Gasteiger partial charge in [-0.1, -0.05) is 0 Å². The number of rotatable bonds is 13. The summed E-state index contributed by atoms with van der Waals surface area (Å²) >= 11 is 0. The smallest absolute Gasteiger partial charge is 0.301 e. The number of aromatic nitrogens is 4. The van der Waals surface area contributed by atoms with Gasteiger partial charge in [0.25, 0.3) is 17.4 Å². The fourth-order valence-corrected chi connectivity index (χ4v) is 10.9. The van der Waals surface area contributed by atoms with Gasteiger partial charge in [-0.05, 0) is 87.2 Å². The number of alkyl halides is 1. The molecule has 3 aromatic carbocycles. The maximum Gasteiger partial charge on any atom is 0.301 e. The molecule has 5 aliphatic rings. The quantitative estimate of drug-likeness (QED) is 0.159. The van der Waals surface area contributed by atoms with Gasteiger partial charge in [0.2, 0.25) is 17.8 Å². The zero-order valence-corrected chi connectivity index (χ0v) is 38.4. The first-order valence-corrected chi connectivity index (χ1v) is 24.2. The van der Waals surface area contributed by atoms with Crippen LogP contribution < -0.4 is 30.0 Å². The minimum absolute atomic E-state index is 0.0267. The van der Waals surface area contributed by atoms with E-state index in [0.717, 1.165) is 66.7 Å². The third kappa shape index (κ3) is 8.88. The molecular formula is C47H45F2N11O9S. The van der Waals surface area contributed by atoms with Gasteiger partial charge in [0.05, 0.1) is 45.8 Å². The number of hydrogen-bond donors (Lipinski definition) is 2. The van der Waals surface area contributed by atoms with E-state index in [1.54, 1.807) is 24.3 Å². The molecule has 0 spiro atoms. The lowest BCUT2D eigenvalue weighted by atomic mass is 9.86. The van der Waals surface area contributed by atoms with Crippen molar-refractivity contribution in [1.29, 1.82) is 5.26 Å². The average Bonchev–Trinajstić information content (AvgIpc) is 3.89. The largest absolute Gasteiger partial charge is 0.490 e. The number of anilines is 2. The molecule has 2 aromatic heterocycles. The number of ether oxygens (including phenoxy) is 2. The number of nitrogens with zero attached hydrogens (tertiary/aromatic N) is 9. The molecule has 23 heteroatoms. The van der Waals surface area contributed by atoms with Crippen LogP contribution in [0.2, 0.25) is 0 Å². The number of amides is 4. The molecule has 3 saturated heterocycles. The zero-order valence-electron chi connectivity index (χ0n) is 37.6. The van der Waals surface area contributed by atoms with Gasteiger partial charge in [-0.15, -0.1) is 0 Å². The van der Waals surface area contributed by atoms with Crippen molar-refractivity contribution in [3.8, 4) is 29.0 Å². The summed E-state index contributed by atoms with van der Waals surface area (Å²) in [5, 5.41) is 12.3. The van der Waals surface area contributed by atoms with E-state index in [2.05, 4.69) is 41.8 Å². The van der Waals surface area contributed by atoms with Gasteiger partial charge in [-0.25, -0.2) is 23.7 Å². The molecule has 1 aliphatic carbocycles. The van der Waals surface area contributed by atoms with E-state index in [4.69, 9.17) is 9.47 Å². The van der Waals surface area contributed by atoms with Crippen LogP contribution in [0.25, 0.3) is 16.6 Å². The van der Waals surface area contributed by atoms with E-state index in [0.29, 0.717) is 34.9 Å². The summed E-state index contributed by atoms with van der Waals surface area (Å²) in [5.41, 5.74) is -0.183. The van der Waals surface area contributed by atoms with Crippen molar-refractivity contribution >= 4 is 56.4 Å². The minimum Gasteiger partial charge on any atom is -0.490 e. The van der Waals surface area contributed by atoms with Crippen molar-refractivity contribution in [2.75, 3.05) is 49.4 Å². The number of benzene rings is 3. The molecule has 2 atom stereocenters. The van der Waals surface area contributed by atoms with E-state index >= 15 is 4.39 Å². The van der Waals surface area contributed by atoms with Gasteiger partial charge in [0.1, 0.15) is 47.8 Å². The third-order valence-corrected chi connectivity index (χ3v) is 15.1. The first kappa shape index (κ1) is 46.3. The van der Waals surface area contributed by atoms with Crippen molar-refractivity contribution in [3.05, 3.63) is 100 Å². The summed E-state index contributed by atoms with van der Waals surface area (Å²) in [6, 6.07) is 12.1. The second-order valence-corrected chi connectivity index (χ2v) is 19.8. The number of halogens is 2. The lowest BCUT2D eigenvalue weighted by molar-refractivity contribution is -0.136. The monoisotopic (exact) mass is 977 g/mol. The number of hydrogen-bond acceptors (Lipinski definition) is 15. The first-order valence-electron chi connectivity index (χ1n) is 22.8. The number of nitrogens with one attached hydrogen (secondary N) is 2. The third-order valence-electron chi connectivity index (χ3n) is 13.6. The molecule has 4 aliphatic heterocycles. The maximum absolute atomic E-state index is 15.2. The van der Waals surface area contributed by atoms with E-state index in [-0.39, 0.29) is 66.4 Å². The van der Waals surface area contributed by atoms with Crippen LogP contribution in [-0.2, 0) is 19.8 Å². The summed E-state index contributed by atoms with van der Waals surface area (Å²) in [5.74, 6) is -2.36. The van der Waals surface area contributed by atoms with Crippen LogP contribution in [-0.4, -0.2) is 130 Å². The molecule has 4 amide bonds. The molecular weight excluding hydrogens is 933 g/mol. The summed E-state index contributed by atoms with van der Waals surface area (Å²) < 4.78 is 71.1. The number of nitriles is 1. The number of imide groups is 2. The Bertz CT molecular complexity index is 3170. The highest BCUT2D eigenvalue weighted by Gasteiger charge is 2.45. The highest BCUT2D eigenvalue weighted by Crippen LogP contribution is 2.37. The fraction of sp³-hybridized carbons (Fsp3) is 0.383. The van der Waals surface area contributed by atoms with Crippen LogP contribution in [0, 0.1) is 23.1 Å². The lowest BCUT2D eigenvalue weighted by Crippen LogP contribution is -2.54. The number of piperidine rings is 2. The number of fused-ring (bicyclic) bond motifs is 2. The van der Waals surface area contributed by atoms with Gasteiger partial charge >= 0.3 is 10.2 Å². The van der Waals surface area contributed by atoms with E-state index in [9.17, 15) is 42.0 Å². The van der Waals surface area contributed by atoms with Crippen LogP contribution in [0.15, 0.2) is 72.0 Å². The molecule has 10 rings (SSSR count). The van der Waals surface area contributed by atoms with Crippen LogP contribution in [0.4, 0.5) is 20.4 Å². The normalized spacial score (nSPS) is 22.0. The fourth-order valence-electron chi connectivity index (χ4n) is 9.61. The topological polar surface area (TPSA) is 242 Å². The second-order valence-electron chi connectivity index (χ2n) is 18.1. The Labute approximate surface area is 399 Å². The Morgan fingerprint density at radius 3 is 2.37 bits per heavy atom. The van der Waals surface area contributed by atoms with E-state index in [1.165, 1.54) is 41.5 Å². The maximum atomic E-state index is 15.2. The molecule has 2 N–H and O–H groups in total. The summed E-state index contributed by atoms with van der Waals surface area (Å²) in [7, 11) is -2.15. The van der Waals surface area contributed by atoms with Crippen molar-refractivity contribution in [1.82, 2.24) is 38.9 Å². The molecule has 20 nitrogen and oxygen atoms in total. The van der Waals surface area contributed by atoms with E-state index in [1.807, 2.05) is 0 Å².